The van der Waals surface area contributed by atoms with Crippen molar-refractivity contribution in [2.75, 3.05) is 18.9 Å². The molecule has 2 heterocycles. The molecule has 2 aromatic rings. The fraction of sp³-hybridized carbons (Fsp3) is 0.538. The van der Waals surface area contributed by atoms with Crippen molar-refractivity contribution in [3.63, 3.8) is 0 Å². The lowest BCUT2D eigenvalue weighted by molar-refractivity contribution is 0.318. The minimum absolute atomic E-state index is 0.889. The summed E-state index contributed by atoms with van der Waals surface area (Å²) in [7, 11) is 2.12. The maximum absolute atomic E-state index is 4.49. The molecule has 0 atom stereocenters. The third-order valence-corrected chi connectivity index (χ3v) is 4.37. The third kappa shape index (κ3) is 4.56. The fourth-order valence-electron chi connectivity index (χ4n) is 1.77. The van der Waals surface area contributed by atoms with Crippen molar-refractivity contribution in [2.45, 2.75) is 33.4 Å². The Morgan fingerprint density at radius 1 is 1.37 bits per heavy atom. The highest BCUT2D eigenvalue weighted by molar-refractivity contribution is 7.15. The molecule has 0 saturated heterocycles. The molecule has 2 rings (SSSR count). The molecule has 0 aliphatic heterocycles. The third-order valence-electron chi connectivity index (χ3n) is 2.60. The summed E-state index contributed by atoms with van der Waals surface area (Å²) in [6.45, 7) is 7.00. The molecule has 0 saturated carbocycles. The number of hydrogen-bond donors (Lipinski definition) is 1. The number of hydrogen-bond acceptors (Lipinski definition) is 6. The molecule has 19 heavy (non-hydrogen) atoms. The topological polar surface area (TPSA) is 41.1 Å². The summed E-state index contributed by atoms with van der Waals surface area (Å²) in [5.74, 6) is 0. The molecule has 0 aliphatic carbocycles. The first-order valence-electron chi connectivity index (χ1n) is 6.45. The largest absolute Gasteiger partial charge is 0.362 e. The average Bonchev–Trinajstić information content (AvgIpc) is 2.96. The Labute approximate surface area is 122 Å². The Bertz CT molecular complexity index is 506. The van der Waals surface area contributed by atoms with E-state index in [1.807, 2.05) is 13.1 Å². The minimum atomic E-state index is 0.889. The zero-order valence-corrected chi connectivity index (χ0v) is 13.3. The summed E-state index contributed by atoms with van der Waals surface area (Å²) < 4.78 is 0. The summed E-state index contributed by atoms with van der Waals surface area (Å²) in [5.41, 5.74) is 1.15. The van der Waals surface area contributed by atoms with E-state index in [4.69, 9.17) is 0 Å². The highest BCUT2D eigenvalue weighted by Gasteiger charge is 2.07. The van der Waals surface area contributed by atoms with Crippen molar-refractivity contribution in [2.24, 2.45) is 0 Å². The van der Waals surface area contributed by atoms with Crippen LogP contribution in [0, 0.1) is 6.92 Å². The first-order chi connectivity index (χ1) is 9.17. The molecule has 1 N–H and O–H groups in total. The summed E-state index contributed by atoms with van der Waals surface area (Å²) in [4.78, 5) is 12.4. The quantitative estimate of drug-likeness (QED) is 0.850. The second-order valence-corrected chi connectivity index (χ2v) is 6.77. The van der Waals surface area contributed by atoms with Gasteiger partial charge in [0, 0.05) is 36.1 Å². The Balaban J connectivity index is 1.84. The van der Waals surface area contributed by atoms with Gasteiger partial charge in [0.15, 0.2) is 5.13 Å². The molecular weight excluding hydrogens is 276 g/mol. The molecule has 104 valence electrons. The van der Waals surface area contributed by atoms with Crippen molar-refractivity contribution in [3.8, 4) is 0 Å². The number of thiazole rings is 2. The van der Waals surface area contributed by atoms with Gasteiger partial charge in [-0.25, -0.2) is 9.97 Å². The maximum atomic E-state index is 4.49. The van der Waals surface area contributed by atoms with Crippen LogP contribution in [0.1, 0.15) is 28.9 Å². The van der Waals surface area contributed by atoms with Gasteiger partial charge >= 0.3 is 0 Å². The van der Waals surface area contributed by atoms with Crippen LogP contribution in [-0.2, 0) is 13.1 Å². The summed E-state index contributed by atoms with van der Waals surface area (Å²) >= 11 is 3.44. The maximum Gasteiger partial charge on any atom is 0.182 e. The van der Waals surface area contributed by atoms with Crippen LogP contribution >= 0.6 is 22.7 Å². The predicted octanol–water partition coefficient (Wildman–Crippen LogP) is 3.36. The molecule has 2 aromatic heterocycles. The van der Waals surface area contributed by atoms with Crippen LogP contribution in [0.2, 0.25) is 0 Å². The number of anilines is 1. The van der Waals surface area contributed by atoms with Crippen LogP contribution in [0.5, 0.6) is 0 Å². The Morgan fingerprint density at radius 3 is 2.89 bits per heavy atom. The molecule has 0 aliphatic rings. The molecule has 0 fully saturated rings. The molecule has 4 nitrogen and oxygen atoms in total. The number of nitrogens with one attached hydrogen (secondary N) is 1. The van der Waals surface area contributed by atoms with Crippen LogP contribution < -0.4 is 5.32 Å². The molecule has 0 radical (unpaired) electrons. The molecule has 0 spiro atoms. The van der Waals surface area contributed by atoms with Gasteiger partial charge in [0.2, 0.25) is 0 Å². The van der Waals surface area contributed by atoms with E-state index < -0.39 is 0 Å². The normalized spacial score (nSPS) is 11.2. The van der Waals surface area contributed by atoms with E-state index in [9.17, 15) is 0 Å². The Morgan fingerprint density at radius 2 is 2.21 bits per heavy atom. The lowest BCUT2D eigenvalue weighted by Crippen LogP contribution is -2.16. The molecule has 0 aromatic carbocycles. The Hall–Kier alpha value is -0.980. The number of aromatic nitrogens is 2. The van der Waals surface area contributed by atoms with Crippen molar-refractivity contribution in [1.82, 2.24) is 14.9 Å². The van der Waals surface area contributed by atoms with E-state index in [-0.39, 0.29) is 0 Å². The zero-order chi connectivity index (χ0) is 13.7. The molecule has 6 heteroatoms. The van der Waals surface area contributed by atoms with Crippen molar-refractivity contribution >= 4 is 27.8 Å². The smallest absolute Gasteiger partial charge is 0.182 e. The van der Waals surface area contributed by atoms with Crippen LogP contribution in [0.4, 0.5) is 5.13 Å². The van der Waals surface area contributed by atoms with Crippen LogP contribution in [-0.4, -0.2) is 28.5 Å². The van der Waals surface area contributed by atoms with Crippen LogP contribution in [0.15, 0.2) is 11.6 Å². The van der Waals surface area contributed by atoms with Crippen molar-refractivity contribution in [3.05, 3.63) is 27.2 Å². The number of rotatable bonds is 7. The van der Waals surface area contributed by atoms with Gasteiger partial charge in [-0.2, -0.15) is 0 Å². The molecular formula is C13H20N4S2. The van der Waals surface area contributed by atoms with E-state index in [0.29, 0.717) is 0 Å². The van der Waals surface area contributed by atoms with Crippen LogP contribution in [0.25, 0.3) is 0 Å². The van der Waals surface area contributed by atoms with Gasteiger partial charge in [-0.05, 0) is 20.4 Å². The lowest BCUT2D eigenvalue weighted by atomic mass is 10.4. The van der Waals surface area contributed by atoms with Gasteiger partial charge in [0.05, 0.1) is 10.7 Å². The number of aryl methyl sites for hydroxylation is 1. The average molecular weight is 296 g/mol. The number of nitrogens with zero attached hydrogens (tertiary/aromatic N) is 3. The predicted molar refractivity (Wildman–Crippen MR) is 82.9 cm³/mol. The standard InChI is InChI=1S/C13H20N4S2/c1-4-5-14-13-15-6-12(19-13)8-17(3)7-11-9-18-10(2)16-11/h6,9H,4-5,7-8H2,1-3H3,(H,14,15). The zero-order valence-electron chi connectivity index (χ0n) is 11.6. The van der Waals surface area contributed by atoms with Crippen molar-refractivity contribution < 1.29 is 0 Å². The first-order valence-corrected chi connectivity index (χ1v) is 8.15. The lowest BCUT2D eigenvalue weighted by Gasteiger charge is -2.13. The van der Waals surface area contributed by atoms with Gasteiger partial charge in [0.1, 0.15) is 0 Å². The second kappa shape index (κ2) is 6.98. The van der Waals surface area contributed by atoms with Crippen LogP contribution in [0.3, 0.4) is 0 Å². The molecule has 0 bridgehead atoms. The summed E-state index contributed by atoms with van der Waals surface area (Å²) in [5, 5.41) is 7.61. The van der Waals surface area contributed by atoms with Gasteiger partial charge in [0.25, 0.3) is 0 Å². The van der Waals surface area contributed by atoms with E-state index in [1.54, 1.807) is 22.7 Å². The highest BCUT2D eigenvalue weighted by Crippen LogP contribution is 2.20. The summed E-state index contributed by atoms with van der Waals surface area (Å²) in [6, 6.07) is 0. The van der Waals surface area contributed by atoms with Gasteiger partial charge in [-0.3, -0.25) is 4.90 Å². The highest BCUT2D eigenvalue weighted by atomic mass is 32.1. The summed E-state index contributed by atoms with van der Waals surface area (Å²) in [6.07, 6.45) is 3.09. The van der Waals surface area contributed by atoms with E-state index >= 15 is 0 Å². The molecule has 0 unspecified atom stereocenters. The minimum Gasteiger partial charge on any atom is -0.362 e. The van der Waals surface area contributed by atoms with E-state index in [2.05, 4.69) is 39.5 Å². The van der Waals surface area contributed by atoms with Gasteiger partial charge in [-0.15, -0.1) is 22.7 Å². The van der Waals surface area contributed by atoms with Crippen molar-refractivity contribution in [1.29, 1.82) is 0 Å². The molecule has 0 amide bonds. The monoisotopic (exact) mass is 296 g/mol. The Kier molecular flexibility index (Phi) is 5.30. The first kappa shape index (κ1) is 14.4. The SMILES string of the molecule is CCCNc1ncc(CN(C)Cc2csc(C)n2)s1. The second-order valence-electron chi connectivity index (χ2n) is 4.59. The van der Waals surface area contributed by atoms with Gasteiger partial charge in [-0.1, -0.05) is 6.92 Å². The fourth-order valence-corrected chi connectivity index (χ4v) is 3.30. The van der Waals surface area contributed by atoms with E-state index in [1.165, 1.54) is 4.88 Å². The van der Waals surface area contributed by atoms with Gasteiger partial charge < -0.3 is 5.32 Å². The van der Waals surface area contributed by atoms with E-state index in [0.717, 1.165) is 41.9 Å².